The minimum Gasteiger partial charge on any atom is -0.322 e. The van der Waals surface area contributed by atoms with E-state index in [0.29, 0.717) is 27.4 Å². The smallest absolute Gasteiger partial charge is 0.265 e. The van der Waals surface area contributed by atoms with Gasteiger partial charge in [0.05, 0.1) is 15.5 Å². The second kappa shape index (κ2) is 7.83. The van der Waals surface area contributed by atoms with E-state index in [-0.39, 0.29) is 16.8 Å². The second-order valence-electron chi connectivity index (χ2n) is 5.27. The van der Waals surface area contributed by atoms with Gasteiger partial charge < -0.3 is 10.6 Å². The minimum absolute atomic E-state index is 0.226. The van der Waals surface area contributed by atoms with Crippen molar-refractivity contribution in [2.24, 2.45) is 0 Å². The highest BCUT2D eigenvalue weighted by Crippen LogP contribution is 2.21. The number of nitrogens with zero attached hydrogens (tertiary/aromatic N) is 1. The Hall–Kier alpha value is -3.14. The first-order chi connectivity index (χ1) is 12.6. The summed E-state index contributed by atoms with van der Waals surface area (Å²) in [5, 5.41) is 16.4. The van der Waals surface area contributed by atoms with E-state index in [9.17, 15) is 9.59 Å². The normalized spacial score (nSPS) is 10.0. The van der Waals surface area contributed by atoms with Crippen LogP contribution in [0.2, 0.25) is 5.02 Å². The number of carbonyl (C=O) groups is 2. The number of hydrogen-bond donors (Lipinski definition) is 2. The summed E-state index contributed by atoms with van der Waals surface area (Å²) in [6.07, 6.45) is 0. The number of halogens is 1. The molecule has 26 heavy (non-hydrogen) atoms. The summed E-state index contributed by atoms with van der Waals surface area (Å²) in [7, 11) is 0. The van der Waals surface area contributed by atoms with Crippen LogP contribution in [0, 0.1) is 11.3 Å². The van der Waals surface area contributed by atoms with Crippen molar-refractivity contribution in [2.75, 3.05) is 10.6 Å². The van der Waals surface area contributed by atoms with Crippen LogP contribution in [0.4, 0.5) is 11.4 Å². The summed E-state index contributed by atoms with van der Waals surface area (Å²) in [6, 6.07) is 16.8. The molecule has 0 atom stereocenters. The zero-order chi connectivity index (χ0) is 18.5. The third-order valence-electron chi connectivity index (χ3n) is 3.48. The zero-order valence-electron chi connectivity index (χ0n) is 13.3. The van der Waals surface area contributed by atoms with Gasteiger partial charge in [-0.2, -0.15) is 5.26 Å². The molecular formula is C19H12ClN3O2S. The van der Waals surface area contributed by atoms with Crippen LogP contribution in [0.3, 0.4) is 0 Å². The molecular weight excluding hydrogens is 370 g/mol. The fraction of sp³-hybridized carbons (Fsp3) is 0. The Labute approximate surface area is 158 Å². The van der Waals surface area contributed by atoms with E-state index in [2.05, 4.69) is 10.6 Å². The van der Waals surface area contributed by atoms with Crippen LogP contribution < -0.4 is 10.6 Å². The third kappa shape index (κ3) is 4.09. The van der Waals surface area contributed by atoms with Gasteiger partial charge in [0, 0.05) is 16.9 Å². The van der Waals surface area contributed by atoms with Gasteiger partial charge >= 0.3 is 0 Å². The van der Waals surface area contributed by atoms with Crippen LogP contribution >= 0.6 is 22.9 Å². The lowest BCUT2D eigenvalue weighted by atomic mass is 10.1. The van der Waals surface area contributed by atoms with E-state index in [1.54, 1.807) is 42.5 Å². The molecule has 0 aliphatic rings. The number of anilines is 2. The lowest BCUT2D eigenvalue weighted by molar-refractivity contribution is 0.101. The van der Waals surface area contributed by atoms with Crippen molar-refractivity contribution in [1.29, 1.82) is 5.26 Å². The highest BCUT2D eigenvalue weighted by molar-refractivity contribution is 7.12. The Morgan fingerprint density at radius 3 is 2.42 bits per heavy atom. The molecule has 0 aliphatic heterocycles. The van der Waals surface area contributed by atoms with Gasteiger partial charge in [0.2, 0.25) is 0 Å². The Morgan fingerprint density at radius 1 is 0.962 bits per heavy atom. The maximum absolute atomic E-state index is 12.4. The van der Waals surface area contributed by atoms with Crippen molar-refractivity contribution in [3.8, 4) is 6.07 Å². The Balaban J connectivity index is 1.73. The first-order valence-electron chi connectivity index (χ1n) is 7.53. The van der Waals surface area contributed by atoms with Crippen molar-refractivity contribution in [3.05, 3.63) is 81.0 Å². The van der Waals surface area contributed by atoms with E-state index in [4.69, 9.17) is 16.9 Å². The van der Waals surface area contributed by atoms with Crippen LogP contribution in [0.25, 0.3) is 0 Å². The fourth-order valence-corrected chi connectivity index (χ4v) is 3.07. The topological polar surface area (TPSA) is 82.0 Å². The van der Waals surface area contributed by atoms with Crippen LogP contribution in [0.1, 0.15) is 25.6 Å². The molecule has 2 N–H and O–H groups in total. The zero-order valence-corrected chi connectivity index (χ0v) is 14.9. The molecule has 7 heteroatoms. The van der Waals surface area contributed by atoms with E-state index in [1.165, 1.54) is 23.5 Å². The maximum Gasteiger partial charge on any atom is 0.265 e. The van der Waals surface area contributed by atoms with Gasteiger partial charge in [-0.15, -0.1) is 11.3 Å². The lowest BCUT2D eigenvalue weighted by Gasteiger charge is -2.08. The summed E-state index contributed by atoms with van der Waals surface area (Å²) in [4.78, 5) is 25.1. The van der Waals surface area contributed by atoms with Crippen molar-refractivity contribution in [3.63, 3.8) is 0 Å². The quantitative estimate of drug-likeness (QED) is 0.682. The molecule has 128 valence electrons. The predicted molar refractivity (Wildman–Crippen MR) is 103 cm³/mol. The molecule has 0 radical (unpaired) electrons. The number of rotatable bonds is 4. The van der Waals surface area contributed by atoms with E-state index < -0.39 is 0 Å². The van der Waals surface area contributed by atoms with Crippen LogP contribution in [-0.4, -0.2) is 11.8 Å². The van der Waals surface area contributed by atoms with E-state index in [1.807, 2.05) is 11.4 Å². The molecule has 0 spiro atoms. The molecule has 2 aromatic carbocycles. The van der Waals surface area contributed by atoms with Crippen molar-refractivity contribution in [2.45, 2.75) is 0 Å². The molecule has 0 saturated carbocycles. The summed E-state index contributed by atoms with van der Waals surface area (Å²) in [5.74, 6) is -0.575. The molecule has 1 heterocycles. The number of carbonyl (C=O) groups excluding carboxylic acids is 2. The summed E-state index contributed by atoms with van der Waals surface area (Å²) in [5.41, 5.74) is 1.72. The standard InChI is InChI=1S/C19H12ClN3O2S/c20-16-10-15(7-6-13(16)11-21)22-18(24)12-3-1-4-14(9-12)23-19(25)17-5-2-8-26-17/h1-10H,(H,22,24)(H,23,25). The first-order valence-corrected chi connectivity index (χ1v) is 8.78. The number of thiophene rings is 1. The number of nitrogens with one attached hydrogen (secondary N) is 2. The summed E-state index contributed by atoms with van der Waals surface area (Å²) in [6.45, 7) is 0. The largest absolute Gasteiger partial charge is 0.322 e. The Kier molecular flexibility index (Phi) is 5.32. The van der Waals surface area contributed by atoms with Crippen molar-refractivity contribution < 1.29 is 9.59 Å². The molecule has 2 amide bonds. The summed E-state index contributed by atoms with van der Waals surface area (Å²) < 4.78 is 0. The van der Waals surface area contributed by atoms with Gasteiger partial charge in [0.15, 0.2) is 0 Å². The molecule has 0 unspecified atom stereocenters. The number of nitriles is 1. The highest BCUT2D eigenvalue weighted by atomic mass is 35.5. The Morgan fingerprint density at radius 2 is 1.73 bits per heavy atom. The second-order valence-corrected chi connectivity index (χ2v) is 6.63. The van der Waals surface area contributed by atoms with Crippen LogP contribution in [-0.2, 0) is 0 Å². The highest BCUT2D eigenvalue weighted by Gasteiger charge is 2.11. The first kappa shape index (κ1) is 17.7. The van der Waals surface area contributed by atoms with Gasteiger partial charge in [0.25, 0.3) is 11.8 Å². The van der Waals surface area contributed by atoms with Crippen LogP contribution in [0.5, 0.6) is 0 Å². The number of hydrogen-bond acceptors (Lipinski definition) is 4. The maximum atomic E-state index is 12.4. The SMILES string of the molecule is N#Cc1ccc(NC(=O)c2cccc(NC(=O)c3cccs3)c2)cc1Cl. The average molecular weight is 382 g/mol. The van der Waals surface area contributed by atoms with Gasteiger partial charge in [0.1, 0.15) is 6.07 Å². The van der Waals surface area contributed by atoms with E-state index >= 15 is 0 Å². The van der Waals surface area contributed by atoms with Gasteiger partial charge in [-0.05, 0) is 47.8 Å². The predicted octanol–water partition coefficient (Wildman–Crippen LogP) is 4.78. The lowest BCUT2D eigenvalue weighted by Crippen LogP contribution is -2.14. The molecule has 0 aliphatic carbocycles. The molecule has 0 fully saturated rings. The van der Waals surface area contributed by atoms with Gasteiger partial charge in [-0.1, -0.05) is 23.7 Å². The van der Waals surface area contributed by atoms with Crippen molar-refractivity contribution >= 4 is 46.1 Å². The number of amides is 2. The average Bonchev–Trinajstić information content (AvgIpc) is 3.17. The molecule has 5 nitrogen and oxygen atoms in total. The third-order valence-corrected chi connectivity index (χ3v) is 4.66. The molecule has 0 saturated heterocycles. The molecule has 3 aromatic rings. The monoisotopic (exact) mass is 381 g/mol. The summed E-state index contributed by atoms with van der Waals surface area (Å²) >= 11 is 7.31. The number of benzene rings is 2. The molecule has 1 aromatic heterocycles. The van der Waals surface area contributed by atoms with Crippen LogP contribution in [0.15, 0.2) is 60.0 Å². The van der Waals surface area contributed by atoms with E-state index in [0.717, 1.165) is 0 Å². The Bertz CT molecular complexity index is 1010. The molecule has 0 bridgehead atoms. The molecule has 3 rings (SSSR count). The van der Waals surface area contributed by atoms with Crippen molar-refractivity contribution in [1.82, 2.24) is 0 Å². The van der Waals surface area contributed by atoms with Gasteiger partial charge in [-0.25, -0.2) is 0 Å². The fourth-order valence-electron chi connectivity index (χ4n) is 2.23. The van der Waals surface area contributed by atoms with Gasteiger partial charge in [-0.3, -0.25) is 9.59 Å². The minimum atomic E-state index is -0.349.